The third kappa shape index (κ3) is 2.61. The first-order chi connectivity index (χ1) is 8.52. The molecule has 1 aromatic rings. The highest BCUT2D eigenvalue weighted by atomic mass is 19.1. The van der Waals surface area contributed by atoms with Crippen LogP contribution in [0.2, 0.25) is 0 Å². The lowest BCUT2D eigenvalue weighted by atomic mass is 9.86. The molecule has 5 heteroatoms. The van der Waals surface area contributed by atoms with Crippen molar-refractivity contribution in [1.29, 1.82) is 0 Å². The van der Waals surface area contributed by atoms with Crippen LogP contribution in [0.25, 0.3) is 0 Å². The summed E-state index contributed by atoms with van der Waals surface area (Å²) in [6.07, 6.45) is 1.33. The molecule has 0 unspecified atom stereocenters. The second-order valence-corrected chi connectivity index (χ2v) is 4.88. The standard InChI is InChI=1S/C13H18FN3O/c1-17-8-6-13(7-9-17,12(15)18)16-11-4-2-10(14)3-5-11/h2-5,16H,6-9H2,1H3,(H2,15,18). The molecule has 0 saturated carbocycles. The zero-order chi connectivity index (χ0) is 13.2. The van der Waals surface area contributed by atoms with Crippen molar-refractivity contribution in [3.8, 4) is 0 Å². The van der Waals surface area contributed by atoms with Crippen LogP contribution in [0.1, 0.15) is 12.8 Å². The molecule has 18 heavy (non-hydrogen) atoms. The van der Waals surface area contributed by atoms with Gasteiger partial charge in [-0.2, -0.15) is 0 Å². The van der Waals surface area contributed by atoms with Crippen molar-refractivity contribution in [3.63, 3.8) is 0 Å². The number of rotatable bonds is 3. The quantitative estimate of drug-likeness (QED) is 0.848. The second kappa shape index (κ2) is 4.94. The maximum Gasteiger partial charge on any atom is 0.243 e. The highest BCUT2D eigenvalue weighted by molar-refractivity contribution is 5.88. The lowest BCUT2D eigenvalue weighted by Gasteiger charge is -2.39. The SMILES string of the molecule is CN1CCC(Nc2ccc(F)cc2)(C(N)=O)CC1. The third-order valence-corrected chi connectivity index (χ3v) is 3.54. The molecular formula is C13H18FN3O. The summed E-state index contributed by atoms with van der Waals surface area (Å²) in [6, 6.07) is 5.98. The van der Waals surface area contributed by atoms with Crippen LogP contribution in [-0.4, -0.2) is 36.5 Å². The van der Waals surface area contributed by atoms with Crippen LogP contribution in [0.15, 0.2) is 24.3 Å². The zero-order valence-electron chi connectivity index (χ0n) is 10.4. The summed E-state index contributed by atoms with van der Waals surface area (Å²) in [6.45, 7) is 1.63. The summed E-state index contributed by atoms with van der Waals surface area (Å²) in [4.78, 5) is 13.9. The van der Waals surface area contributed by atoms with Gasteiger partial charge >= 0.3 is 0 Å². The van der Waals surface area contributed by atoms with Gasteiger partial charge in [0, 0.05) is 18.8 Å². The average molecular weight is 251 g/mol. The molecule has 1 heterocycles. The first-order valence-electron chi connectivity index (χ1n) is 6.04. The number of hydrogen-bond acceptors (Lipinski definition) is 3. The van der Waals surface area contributed by atoms with Crippen LogP contribution in [0, 0.1) is 5.82 Å². The van der Waals surface area contributed by atoms with E-state index in [9.17, 15) is 9.18 Å². The number of likely N-dealkylation sites (tertiary alicyclic amines) is 1. The van der Waals surface area contributed by atoms with Gasteiger partial charge in [0.15, 0.2) is 0 Å². The van der Waals surface area contributed by atoms with Crippen molar-refractivity contribution in [3.05, 3.63) is 30.1 Å². The third-order valence-electron chi connectivity index (χ3n) is 3.54. The fourth-order valence-electron chi connectivity index (χ4n) is 2.24. The van der Waals surface area contributed by atoms with Gasteiger partial charge in [0.1, 0.15) is 11.4 Å². The van der Waals surface area contributed by atoms with E-state index in [0.717, 1.165) is 18.8 Å². The Morgan fingerprint density at radius 3 is 2.39 bits per heavy atom. The van der Waals surface area contributed by atoms with E-state index in [0.29, 0.717) is 12.8 Å². The highest BCUT2D eigenvalue weighted by Crippen LogP contribution is 2.26. The van der Waals surface area contributed by atoms with Gasteiger partial charge in [0.25, 0.3) is 0 Å². The van der Waals surface area contributed by atoms with Crippen LogP contribution in [0.3, 0.4) is 0 Å². The van der Waals surface area contributed by atoms with E-state index in [4.69, 9.17) is 5.73 Å². The molecule has 2 rings (SSSR count). The van der Waals surface area contributed by atoms with Gasteiger partial charge in [0.2, 0.25) is 5.91 Å². The smallest absolute Gasteiger partial charge is 0.243 e. The molecule has 0 aromatic heterocycles. The van der Waals surface area contributed by atoms with Gasteiger partial charge in [-0.3, -0.25) is 4.79 Å². The average Bonchev–Trinajstić information content (AvgIpc) is 2.35. The summed E-state index contributed by atoms with van der Waals surface area (Å²) >= 11 is 0. The number of primary amides is 1. The maximum absolute atomic E-state index is 12.8. The summed E-state index contributed by atoms with van der Waals surface area (Å²) in [5, 5.41) is 3.17. The van der Waals surface area contributed by atoms with Gasteiger partial charge in [-0.1, -0.05) is 0 Å². The Balaban J connectivity index is 2.16. The van der Waals surface area contributed by atoms with Crippen molar-refractivity contribution < 1.29 is 9.18 Å². The van der Waals surface area contributed by atoms with Crippen LogP contribution < -0.4 is 11.1 Å². The van der Waals surface area contributed by atoms with E-state index in [1.54, 1.807) is 12.1 Å². The van der Waals surface area contributed by atoms with Crippen LogP contribution >= 0.6 is 0 Å². The number of carbonyl (C=O) groups excluding carboxylic acids is 1. The molecule has 3 N–H and O–H groups in total. The van der Waals surface area contributed by atoms with Crippen LogP contribution in [0.5, 0.6) is 0 Å². The molecule has 0 spiro atoms. The molecule has 1 aromatic carbocycles. The van der Waals surface area contributed by atoms with Crippen LogP contribution in [-0.2, 0) is 4.79 Å². The Bertz CT molecular complexity index is 424. The molecule has 1 aliphatic rings. The first-order valence-corrected chi connectivity index (χ1v) is 6.04. The van der Waals surface area contributed by atoms with E-state index < -0.39 is 5.54 Å². The lowest BCUT2D eigenvalue weighted by Crippen LogP contribution is -2.56. The van der Waals surface area contributed by atoms with Gasteiger partial charge in [0.05, 0.1) is 0 Å². The number of amides is 1. The lowest BCUT2D eigenvalue weighted by molar-refractivity contribution is -0.123. The second-order valence-electron chi connectivity index (χ2n) is 4.88. The minimum atomic E-state index is -0.718. The van der Waals surface area contributed by atoms with Crippen molar-refractivity contribution in [2.75, 3.05) is 25.5 Å². The van der Waals surface area contributed by atoms with E-state index in [1.165, 1.54) is 12.1 Å². The van der Waals surface area contributed by atoms with Gasteiger partial charge in [-0.05, 0) is 44.2 Å². The summed E-state index contributed by atoms with van der Waals surface area (Å²) in [7, 11) is 2.02. The molecule has 0 aliphatic carbocycles. The molecule has 1 fully saturated rings. The Kier molecular flexibility index (Phi) is 3.52. The maximum atomic E-state index is 12.8. The minimum absolute atomic E-state index is 0.294. The Hall–Kier alpha value is -1.62. The summed E-state index contributed by atoms with van der Waals surface area (Å²) in [5.74, 6) is -0.642. The van der Waals surface area contributed by atoms with Crippen molar-refractivity contribution in [2.45, 2.75) is 18.4 Å². The predicted octanol–water partition coefficient (Wildman–Crippen LogP) is 1.19. The molecule has 98 valence electrons. The monoisotopic (exact) mass is 251 g/mol. The van der Waals surface area contributed by atoms with E-state index in [-0.39, 0.29) is 11.7 Å². The molecule has 4 nitrogen and oxygen atoms in total. The van der Waals surface area contributed by atoms with Crippen molar-refractivity contribution in [1.82, 2.24) is 4.90 Å². The Morgan fingerprint density at radius 1 is 1.33 bits per heavy atom. The normalized spacial score (nSPS) is 19.4. The molecule has 1 aliphatic heterocycles. The zero-order valence-corrected chi connectivity index (χ0v) is 10.4. The largest absolute Gasteiger partial charge is 0.371 e. The molecule has 1 saturated heterocycles. The number of halogens is 1. The Morgan fingerprint density at radius 2 is 1.89 bits per heavy atom. The number of hydrogen-bond donors (Lipinski definition) is 2. The molecule has 0 atom stereocenters. The number of piperidine rings is 1. The summed E-state index contributed by atoms with van der Waals surface area (Å²) in [5.41, 5.74) is 5.54. The number of nitrogens with two attached hydrogens (primary N) is 1. The fraction of sp³-hybridized carbons (Fsp3) is 0.462. The van der Waals surface area contributed by atoms with Gasteiger partial charge in [-0.25, -0.2) is 4.39 Å². The van der Waals surface area contributed by atoms with E-state index in [1.807, 2.05) is 7.05 Å². The van der Waals surface area contributed by atoms with Gasteiger partial charge < -0.3 is 16.0 Å². The summed E-state index contributed by atoms with van der Waals surface area (Å²) < 4.78 is 12.8. The van der Waals surface area contributed by atoms with Gasteiger partial charge in [-0.15, -0.1) is 0 Å². The van der Waals surface area contributed by atoms with E-state index >= 15 is 0 Å². The van der Waals surface area contributed by atoms with Crippen molar-refractivity contribution >= 4 is 11.6 Å². The number of nitrogens with zero attached hydrogens (tertiary/aromatic N) is 1. The van der Waals surface area contributed by atoms with Crippen molar-refractivity contribution in [2.24, 2.45) is 5.73 Å². The molecule has 1 amide bonds. The predicted molar refractivity (Wildman–Crippen MR) is 68.7 cm³/mol. The molecular weight excluding hydrogens is 233 g/mol. The van der Waals surface area contributed by atoms with Crippen LogP contribution in [0.4, 0.5) is 10.1 Å². The first kappa shape index (κ1) is 12.8. The fourth-order valence-corrected chi connectivity index (χ4v) is 2.24. The number of benzene rings is 1. The number of anilines is 1. The topological polar surface area (TPSA) is 58.4 Å². The van der Waals surface area contributed by atoms with E-state index in [2.05, 4.69) is 10.2 Å². The molecule has 0 bridgehead atoms. The minimum Gasteiger partial charge on any atom is -0.371 e. The number of nitrogens with one attached hydrogen (secondary N) is 1. The Labute approximate surface area is 106 Å². The number of carbonyl (C=O) groups is 1. The highest BCUT2D eigenvalue weighted by Gasteiger charge is 2.39. The molecule has 0 radical (unpaired) electrons.